The lowest BCUT2D eigenvalue weighted by Gasteiger charge is -2.49. The number of aldehydes is 2. The Bertz CT molecular complexity index is 901. The summed E-state index contributed by atoms with van der Waals surface area (Å²) in [6.07, 6.45) is -1.58. The minimum atomic E-state index is -2.21. The van der Waals surface area contributed by atoms with Crippen LogP contribution in [0.5, 0.6) is 0 Å². The van der Waals surface area contributed by atoms with Crippen LogP contribution in [0.25, 0.3) is 0 Å². The molecule has 2 heterocycles. The molecule has 2 aliphatic rings. The zero-order valence-electron chi connectivity index (χ0n) is 19.2. The topological polar surface area (TPSA) is 119 Å². The SMILES string of the molecule is C=C(CCC12OC(C)C(O)(C=O)C(C=O)(C[C@H]1O)O2)[C@@H](OC(C)=O)C(C)Cc1ccccc1. The highest BCUT2D eigenvalue weighted by Gasteiger charge is 2.72. The lowest BCUT2D eigenvalue weighted by molar-refractivity contribution is -0.364. The third-order valence-corrected chi connectivity index (χ3v) is 6.81. The van der Waals surface area contributed by atoms with E-state index in [0.717, 1.165) is 5.56 Å². The first kappa shape index (κ1) is 25.2. The first-order valence-corrected chi connectivity index (χ1v) is 11.1. The van der Waals surface area contributed by atoms with E-state index in [0.29, 0.717) is 18.3 Å². The third-order valence-electron chi connectivity index (χ3n) is 6.81. The molecule has 2 aliphatic heterocycles. The Labute approximate surface area is 193 Å². The van der Waals surface area contributed by atoms with Crippen molar-refractivity contribution in [1.82, 2.24) is 0 Å². The molecule has 33 heavy (non-hydrogen) atoms. The standard InChI is InChI=1S/C25H32O8/c1-16(22(31-19(4)28)17(2)12-20-8-6-5-7-9-20)10-11-25-21(29)13-23(14-26,33-25)24(30,15-27)18(3)32-25/h5-9,14-15,17-18,21-22,29-30H,1,10-13H2,2-4H3/t17?,18?,21-,22-,23?,24?,25?/m1/s1. The maximum Gasteiger partial charge on any atom is 0.303 e. The molecule has 0 amide bonds. The van der Waals surface area contributed by atoms with Crippen molar-refractivity contribution in [2.45, 2.75) is 81.8 Å². The largest absolute Gasteiger partial charge is 0.458 e. The van der Waals surface area contributed by atoms with Gasteiger partial charge in [0.25, 0.3) is 0 Å². The van der Waals surface area contributed by atoms with Gasteiger partial charge in [0.05, 0.1) is 6.10 Å². The van der Waals surface area contributed by atoms with Crippen LogP contribution in [0, 0.1) is 5.92 Å². The van der Waals surface area contributed by atoms with Crippen LogP contribution in [0.2, 0.25) is 0 Å². The molecule has 8 heteroatoms. The van der Waals surface area contributed by atoms with Crippen LogP contribution in [-0.4, -0.2) is 64.1 Å². The highest BCUT2D eigenvalue weighted by Crippen LogP contribution is 2.52. The van der Waals surface area contributed by atoms with Crippen molar-refractivity contribution in [3.8, 4) is 0 Å². The van der Waals surface area contributed by atoms with Gasteiger partial charge in [-0.2, -0.15) is 0 Å². The molecule has 2 bridgehead atoms. The second-order valence-electron chi connectivity index (χ2n) is 9.20. The summed E-state index contributed by atoms with van der Waals surface area (Å²) in [5.74, 6) is -2.10. The van der Waals surface area contributed by atoms with Gasteiger partial charge in [0, 0.05) is 25.7 Å². The van der Waals surface area contributed by atoms with Crippen LogP contribution in [0.3, 0.4) is 0 Å². The van der Waals surface area contributed by atoms with Gasteiger partial charge in [-0.15, -0.1) is 0 Å². The van der Waals surface area contributed by atoms with E-state index in [4.69, 9.17) is 14.2 Å². The molecule has 0 spiro atoms. The lowest BCUT2D eigenvalue weighted by atomic mass is 9.79. The summed E-state index contributed by atoms with van der Waals surface area (Å²) < 4.78 is 17.2. The Morgan fingerprint density at radius 2 is 1.97 bits per heavy atom. The summed E-state index contributed by atoms with van der Waals surface area (Å²) in [7, 11) is 0. The van der Waals surface area contributed by atoms with Crippen LogP contribution in [-0.2, 0) is 35.0 Å². The smallest absolute Gasteiger partial charge is 0.303 e. The molecular formula is C25H32O8. The van der Waals surface area contributed by atoms with Gasteiger partial charge < -0.3 is 24.4 Å². The molecule has 7 atom stereocenters. The molecule has 180 valence electrons. The molecule has 2 N–H and O–H groups in total. The molecule has 3 rings (SSSR count). The van der Waals surface area contributed by atoms with Crippen molar-refractivity contribution in [1.29, 1.82) is 0 Å². The number of ether oxygens (including phenoxy) is 3. The quantitative estimate of drug-likeness (QED) is 0.309. The maximum atomic E-state index is 11.9. The van der Waals surface area contributed by atoms with Crippen molar-refractivity contribution in [3.63, 3.8) is 0 Å². The van der Waals surface area contributed by atoms with E-state index < -0.39 is 41.3 Å². The van der Waals surface area contributed by atoms with Crippen molar-refractivity contribution >= 4 is 18.5 Å². The molecule has 5 unspecified atom stereocenters. The Kier molecular flexibility index (Phi) is 7.24. The van der Waals surface area contributed by atoms with Gasteiger partial charge in [0.1, 0.15) is 12.2 Å². The number of esters is 1. The number of aliphatic hydroxyl groups is 2. The van der Waals surface area contributed by atoms with E-state index in [-0.39, 0.29) is 31.5 Å². The van der Waals surface area contributed by atoms with Crippen LogP contribution < -0.4 is 0 Å². The lowest BCUT2D eigenvalue weighted by Crippen LogP contribution is -2.68. The average molecular weight is 461 g/mol. The molecule has 2 saturated heterocycles. The molecule has 2 fully saturated rings. The maximum absolute atomic E-state index is 11.9. The number of carbonyl (C=O) groups excluding carboxylic acids is 3. The normalized spacial score (nSPS) is 34.8. The van der Waals surface area contributed by atoms with E-state index in [1.54, 1.807) is 0 Å². The van der Waals surface area contributed by atoms with Gasteiger partial charge in [-0.1, -0.05) is 43.8 Å². The summed E-state index contributed by atoms with van der Waals surface area (Å²) in [5, 5.41) is 21.5. The molecule has 0 saturated carbocycles. The number of hydrogen-bond acceptors (Lipinski definition) is 8. The van der Waals surface area contributed by atoms with Crippen molar-refractivity contribution in [2.75, 3.05) is 0 Å². The van der Waals surface area contributed by atoms with Gasteiger partial charge in [-0.05, 0) is 30.9 Å². The fourth-order valence-electron chi connectivity index (χ4n) is 4.93. The number of hydrogen-bond donors (Lipinski definition) is 2. The number of fused-ring (bicyclic) bond motifs is 2. The molecule has 8 nitrogen and oxygen atoms in total. The zero-order valence-corrected chi connectivity index (χ0v) is 19.2. The van der Waals surface area contributed by atoms with Crippen LogP contribution in [0.15, 0.2) is 42.5 Å². The van der Waals surface area contributed by atoms with Crippen LogP contribution >= 0.6 is 0 Å². The number of aliphatic hydroxyl groups excluding tert-OH is 1. The molecular weight excluding hydrogens is 428 g/mol. The summed E-state index contributed by atoms with van der Waals surface area (Å²) >= 11 is 0. The van der Waals surface area contributed by atoms with Gasteiger partial charge >= 0.3 is 5.97 Å². The highest BCUT2D eigenvalue weighted by atomic mass is 16.8. The van der Waals surface area contributed by atoms with Crippen molar-refractivity contribution in [3.05, 3.63) is 48.0 Å². The number of carbonyl (C=O) groups is 3. The third kappa shape index (κ3) is 4.53. The first-order valence-electron chi connectivity index (χ1n) is 11.1. The van der Waals surface area contributed by atoms with Gasteiger partial charge in [0.15, 0.2) is 29.6 Å². The average Bonchev–Trinajstić information content (AvgIpc) is 3.05. The van der Waals surface area contributed by atoms with E-state index in [1.165, 1.54) is 13.8 Å². The Hall–Kier alpha value is -2.39. The fourth-order valence-corrected chi connectivity index (χ4v) is 4.93. The summed E-state index contributed by atoms with van der Waals surface area (Å²) in [4.78, 5) is 35.3. The molecule has 0 aromatic heterocycles. The number of benzene rings is 1. The Morgan fingerprint density at radius 1 is 1.30 bits per heavy atom. The van der Waals surface area contributed by atoms with Crippen molar-refractivity contribution in [2.24, 2.45) is 5.92 Å². The van der Waals surface area contributed by atoms with Gasteiger partial charge in [-0.25, -0.2) is 0 Å². The van der Waals surface area contributed by atoms with E-state index in [9.17, 15) is 24.6 Å². The monoisotopic (exact) mass is 460 g/mol. The van der Waals surface area contributed by atoms with Gasteiger partial charge in [-0.3, -0.25) is 14.4 Å². The molecule has 1 aromatic carbocycles. The second-order valence-corrected chi connectivity index (χ2v) is 9.20. The zero-order chi connectivity index (χ0) is 24.4. The summed E-state index contributed by atoms with van der Waals surface area (Å²) in [6, 6.07) is 9.81. The Morgan fingerprint density at radius 3 is 2.55 bits per heavy atom. The predicted molar refractivity (Wildman–Crippen MR) is 118 cm³/mol. The second kappa shape index (κ2) is 9.46. The molecule has 1 aromatic rings. The van der Waals surface area contributed by atoms with Gasteiger partial charge in [0.2, 0.25) is 0 Å². The van der Waals surface area contributed by atoms with E-state index in [2.05, 4.69) is 6.58 Å². The molecule has 0 aliphatic carbocycles. The Balaban J connectivity index is 1.76. The highest BCUT2D eigenvalue weighted by molar-refractivity contribution is 5.79. The van der Waals surface area contributed by atoms with Crippen LogP contribution in [0.1, 0.15) is 45.6 Å². The van der Waals surface area contributed by atoms with E-state index >= 15 is 0 Å². The van der Waals surface area contributed by atoms with Crippen LogP contribution in [0.4, 0.5) is 0 Å². The fraction of sp³-hybridized carbons (Fsp3) is 0.560. The minimum Gasteiger partial charge on any atom is -0.458 e. The summed E-state index contributed by atoms with van der Waals surface area (Å²) in [5.41, 5.74) is -2.41. The predicted octanol–water partition coefficient (Wildman–Crippen LogP) is 1.90. The minimum absolute atomic E-state index is 0.0730. The first-order chi connectivity index (χ1) is 15.5. The molecule has 0 radical (unpaired) electrons. The summed E-state index contributed by atoms with van der Waals surface area (Å²) in [6.45, 7) is 8.87. The number of rotatable bonds is 10. The van der Waals surface area contributed by atoms with E-state index in [1.807, 2.05) is 37.3 Å². The van der Waals surface area contributed by atoms with Crippen molar-refractivity contribution < 1.29 is 38.8 Å².